The van der Waals surface area contributed by atoms with Crippen LogP contribution in [0.4, 0.5) is 4.79 Å². The van der Waals surface area contributed by atoms with Gasteiger partial charge in [0.2, 0.25) is 0 Å². The summed E-state index contributed by atoms with van der Waals surface area (Å²) in [5.41, 5.74) is -0.489. The first kappa shape index (κ1) is 16.6. The van der Waals surface area contributed by atoms with Gasteiger partial charge in [-0.2, -0.15) is 0 Å². The lowest BCUT2D eigenvalue weighted by molar-refractivity contribution is -0.150. The van der Waals surface area contributed by atoms with E-state index in [1.807, 2.05) is 12.1 Å². The van der Waals surface area contributed by atoms with Crippen molar-refractivity contribution in [3.63, 3.8) is 0 Å². The zero-order valence-corrected chi connectivity index (χ0v) is 15.2. The molecule has 1 fully saturated rings. The van der Waals surface area contributed by atoms with Crippen LogP contribution in [-0.2, 0) is 21.4 Å². The summed E-state index contributed by atoms with van der Waals surface area (Å²) in [6, 6.07) is 3.23. The standard InChI is InChI=1S/C20H21NO6/c1-3-26-18(23)21-9-8-19-15-11-4-5-13(25-2)16(15)27-17(19)12(22)6-7-20(19,24)14(21)10-11/h4-7,14,17,24H,3,8-10H2,1-2H3/t14?,17-,19?,20+/m0/s1. The molecule has 1 aromatic carbocycles. The van der Waals surface area contributed by atoms with Crippen LogP contribution in [0.1, 0.15) is 24.5 Å². The van der Waals surface area contributed by atoms with Gasteiger partial charge in [-0.15, -0.1) is 0 Å². The Morgan fingerprint density at radius 2 is 2.26 bits per heavy atom. The number of piperidine rings is 1. The Morgan fingerprint density at radius 3 is 3.00 bits per heavy atom. The van der Waals surface area contributed by atoms with Gasteiger partial charge < -0.3 is 24.2 Å². The Balaban J connectivity index is 1.75. The largest absolute Gasteiger partial charge is 0.493 e. The second-order valence-corrected chi connectivity index (χ2v) is 7.52. The lowest BCUT2D eigenvalue weighted by atomic mass is 9.51. The fourth-order valence-electron chi connectivity index (χ4n) is 5.50. The molecular weight excluding hydrogens is 350 g/mol. The fraction of sp³-hybridized carbons (Fsp3) is 0.500. The molecule has 4 atom stereocenters. The van der Waals surface area contributed by atoms with Gasteiger partial charge in [-0.05, 0) is 43.5 Å². The van der Waals surface area contributed by atoms with E-state index in [4.69, 9.17) is 14.2 Å². The summed E-state index contributed by atoms with van der Waals surface area (Å²) in [6.45, 7) is 2.42. The minimum atomic E-state index is -1.40. The summed E-state index contributed by atoms with van der Waals surface area (Å²) in [5.74, 6) is 0.923. The Bertz CT molecular complexity index is 895. The van der Waals surface area contributed by atoms with Gasteiger partial charge in [-0.1, -0.05) is 6.07 Å². The molecule has 1 spiro atoms. The van der Waals surface area contributed by atoms with Crippen molar-refractivity contribution >= 4 is 11.9 Å². The predicted molar refractivity (Wildman–Crippen MR) is 94.0 cm³/mol. The van der Waals surface area contributed by atoms with E-state index in [9.17, 15) is 14.7 Å². The molecule has 2 unspecified atom stereocenters. The molecule has 1 saturated heterocycles. The van der Waals surface area contributed by atoms with E-state index >= 15 is 0 Å². The van der Waals surface area contributed by atoms with Crippen LogP contribution >= 0.6 is 0 Å². The van der Waals surface area contributed by atoms with Gasteiger partial charge in [-0.3, -0.25) is 4.79 Å². The molecule has 27 heavy (non-hydrogen) atoms. The van der Waals surface area contributed by atoms with Crippen LogP contribution in [-0.4, -0.2) is 59.9 Å². The second-order valence-electron chi connectivity index (χ2n) is 7.52. The summed E-state index contributed by atoms with van der Waals surface area (Å²) in [7, 11) is 1.56. The van der Waals surface area contributed by atoms with Crippen molar-refractivity contribution in [3.05, 3.63) is 35.4 Å². The molecular formula is C20H21NO6. The van der Waals surface area contributed by atoms with E-state index in [-0.39, 0.29) is 12.4 Å². The summed E-state index contributed by atoms with van der Waals surface area (Å²) in [4.78, 5) is 26.8. The van der Waals surface area contributed by atoms with Crippen LogP contribution in [0.25, 0.3) is 0 Å². The normalized spacial score (nSPS) is 34.8. The van der Waals surface area contributed by atoms with Gasteiger partial charge in [0, 0.05) is 12.1 Å². The summed E-state index contributed by atoms with van der Waals surface area (Å²) in [5, 5.41) is 11.9. The zero-order chi connectivity index (χ0) is 19.0. The van der Waals surface area contributed by atoms with E-state index < -0.39 is 29.3 Å². The summed E-state index contributed by atoms with van der Waals surface area (Å²) < 4.78 is 16.8. The molecule has 1 amide bonds. The predicted octanol–water partition coefficient (Wildman–Crippen LogP) is 1.35. The smallest absolute Gasteiger partial charge is 0.410 e. The van der Waals surface area contributed by atoms with E-state index in [1.165, 1.54) is 6.08 Å². The number of benzene rings is 1. The summed E-state index contributed by atoms with van der Waals surface area (Å²) >= 11 is 0. The monoisotopic (exact) mass is 371 g/mol. The van der Waals surface area contributed by atoms with Crippen molar-refractivity contribution in [2.24, 2.45) is 0 Å². The van der Waals surface area contributed by atoms with Gasteiger partial charge in [0.1, 0.15) is 5.60 Å². The number of rotatable bonds is 2. The zero-order valence-electron chi connectivity index (χ0n) is 15.2. The molecule has 0 radical (unpaired) electrons. The van der Waals surface area contributed by atoms with Crippen LogP contribution in [0.2, 0.25) is 0 Å². The van der Waals surface area contributed by atoms with Crippen LogP contribution in [0.15, 0.2) is 24.3 Å². The van der Waals surface area contributed by atoms with E-state index in [1.54, 1.807) is 25.0 Å². The molecule has 1 N–H and O–H groups in total. The van der Waals surface area contributed by atoms with E-state index in [2.05, 4.69) is 0 Å². The maximum atomic E-state index is 12.7. The lowest BCUT2D eigenvalue weighted by Crippen LogP contribution is -2.75. The van der Waals surface area contributed by atoms with Crippen molar-refractivity contribution in [1.82, 2.24) is 4.90 Å². The minimum absolute atomic E-state index is 0.172. The van der Waals surface area contributed by atoms with Crippen molar-refractivity contribution in [3.8, 4) is 11.5 Å². The molecule has 142 valence electrons. The van der Waals surface area contributed by atoms with Gasteiger partial charge in [0.05, 0.1) is 25.2 Å². The Labute approximate surface area is 156 Å². The van der Waals surface area contributed by atoms with Crippen LogP contribution in [0, 0.1) is 0 Å². The van der Waals surface area contributed by atoms with Gasteiger partial charge in [0.25, 0.3) is 0 Å². The quantitative estimate of drug-likeness (QED) is 0.845. The second kappa shape index (κ2) is 5.25. The number of carbonyl (C=O) groups excluding carboxylic acids is 2. The number of methoxy groups -OCH3 is 1. The van der Waals surface area contributed by atoms with Crippen LogP contribution in [0.5, 0.6) is 11.5 Å². The van der Waals surface area contributed by atoms with E-state index in [0.717, 1.165) is 11.1 Å². The maximum Gasteiger partial charge on any atom is 0.410 e. The average molecular weight is 371 g/mol. The Hall–Kier alpha value is -2.54. The third kappa shape index (κ3) is 1.76. The number of aliphatic hydroxyl groups is 1. The highest BCUT2D eigenvalue weighted by atomic mass is 16.6. The molecule has 7 heteroatoms. The van der Waals surface area contributed by atoms with Crippen molar-refractivity contribution < 1.29 is 28.9 Å². The fourth-order valence-corrected chi connectivity index (χ4v) is 5.50. The molecule has 7 nitrogen and oxygen atoms in total. The highest BCUT2D eigenvalue weighted by molar-refractivity contribution is 5.99. The first-order chi connectivity index (χ1) is 13.0. The van der Waals surface area contributed by atoms with E-state index in [0.29, 0.717) is 30.9 Å². The molecule has 2 bridgehead atoms. The molecule has 0 aromatic heterocycles. The molecule has 2 heterocycles. The third-order valence-corrected chi connectivity index (χ3v) is 6.58. The SMILES string of the molecule is CCOC(=O)N1CCC23c4c5ccc(OC)c4O[C@H]2C(=O)C=C[C@@]3(O)C1C5. The molecule has 5 rings (SSSR count). The number of nitrogens with zero attached hydrogens (tertiary/aromatic N) is 1. The number of amides is 1. The lowest BCUT2D eigenvalue weighted by Gasteiger charge is -2.60. The first-order valence-corrected chi connectivity index (χ1v) is 9.23. The molecule has 2 aliphatic heterocycles. The van der Waals surface area contributed by atoms with Crippen LogP contribution < -0.4 is 9.47 Å². The highest BCUT2D eigenvalue weighted by Crippen LogP contribution is 2.63. The van der Waals surface area contributed by atoms with Crippen molar-refractivity contribution in [2.45, 2.75) is 42.9 Å². The topological polar surface area (TPSA) is 85.3 Å². The van der Waals surface area contributed by atoms with Crippen LogP contribution in [0.3, 0.4) is 0 Å². The number of hydrogen-bond donors (Lipinski definition) is 1. The number of hydrogen-bond acceptors (Lipinski definition) is 6. The first-order valence-electron chi connectivity index (χ1n) is 9.23. The highest BCUT2D eigenvalue weighted by Gasteiger charge is 2.72. The third-order valence-electron chi connectivity index (χ3n) is 6.58. The Morgan fingerprint density at radius 1 is 1.44 bits per heavy atom. The van der Waals surface area contributed by atoms with Gasteiger partial charge in [-0.25, -0.2) is 4.79 Å². The van der Waals surface area contributed by atoms with Gasteiger partial charge >= 0.3 is 6.09 Å². The number of ether oxygens (including phenoxy) is 3. The van der Waals surface area contributed by atoms with Crippen molar-refractivity contribution in [2.75, 3.05) is 20.3 Å². The van der Waals surface area contributed by atoms with Crippen molar-refractivity contribution in [1.29, 1.82) is 0 Å². The molecule has 1 aromatic rings. The summed E-state index contributed by atoms with van der Waals surface area (Å²) in [6.07, 6.45) is 2.55. The Kier molecular flexibility index (Phi) is 3.23. The average Bonchev–Trinajstić information content (AvgIpc) is 3.00. The number of carbonyl (C=O) groups is 2. The molecule has 2 aliphatic carbocycles. The maximum absolute atomic E-state index is 12.7. The number of likely N-dealkylation sites (tertiary alicyclic amines) is 1. The number of ketones is 1. The molecule has 4 aliphatic rings. The van der Waals surface area contributed by atoms with Gasteiger partial charge in [0.15, 0.2) is 23.4 Å². The minimum Gasteiger partial charge on any atom is -0.493 e. The molecule has 0 saturated carbocycles.